The van der Waals surface area contributed by atoms with Crippen LogP contribution in [0.1, 0.15) is 45.4 Å². The highest BCUT2D eigenvalue weighted by atomic mass is 32.2. The molecule has 3 nitrogen and oxygen atoms in total. The lowest BCUT2D eigenvalue weighted by Crippen LogP contribution is -2.50. The highest BCUT2D eigenvalue weighted by molar-refractivity contribution is 8.00. The van der Waals surface area contributed by atoms with Crippen molar-refractivity contribution >= 4 is 17.8 Å². The van der Waals surface area contributed by atoms with Gasteiger partial charge in [-0.2, -0.15) is 11.8 Å². The Balaban J connectivity index is 1.78. The van der Waals surface area contributed by atoms with Gasteiger partial charge in [-0.3, -0.25) is 0 Å². The number of carbonyl (C=O) groups is 1. The zero-order valence-corrected chi connectivity index (χ0v) is 11.6. The van der Waals surface area contributed by atoms with Gasteiger partial charge in [0, 0.05) is 30.1 Å². The maximum Gasteiger partial charge on any atom is 0.317 e. The summed E-state index contributed by atoms with van der Waals surface area (Å²) in [6.07, 6.45) is 7.40. The van der Waals surface area contributed by atoms with Crippen molar-refractivity contribution in [3.63, 3.8) is 0 Å². The molecule has 1 aliphatic heterocycles. The van der Waals surface area contributed by atoms with Gasteiger partial charge < -0.3 is 10.2 Å². The van der Waals surface area contributed by atoms with Crippen molar-refractivity contribution in [2.24, 2.45) is 0 Å². The lowest BCUT2D eigenvalue weighted by atomic mass is 9.96. The van der Waals surface area contributed by atoms with Crippen molar-refractivity contribution in [3.05, 3.63) is 0 Å². The van der Waals surface area contributed by atoms with Gasteiger partial charge in [0.25, 0.3) is 0 Å². The fourth-order valence-electron chi connectivity index (χ4n) is 2.66. The predicted octanol–water partition coefficient (Wildman–Crippen LogP) is 2.86. The molecule has 1 atom stereocenters. The van der Waals surface area contributed by atoms with E-state index >= 15 is 0 Å². The van der Waals surface area contributed by atoms with E-state index in [9.17, 15) is 4.79 Å². The van der Waals surface area contributed by atoms with E-state index in [4.69, 9.17) is 0 Å². The molecule has 0 aromatic carbocycles. The van der Waals surface area contributed by atoms with E-state index in [1.807, 2.05) is 16.7 Å². The minimum Gasteiger partial charge on any atom is -0.335 e. The van der Waals surface area contributed by atoms with Crippen LogP contribution in [0.25, 0.3) is 0 Å². The van der Waals surface area contributed by atoms with Crippen LogP contribution in [-0.2, 0) is 0 Å². The van der Waals surface area contributed by atoms with Crippen LogP contribution < -0.4 is 5.32 Å². The van der Waals surface area contributed by atoms with Crippen molar-refractivity contribution in [3.8, 4) is 0 Å². The number of rotatable bonds is 2. The van der Waals surface area contributed by atoms with Crippen LogP contribution in [-0.4, -0.2) is 41.1 Å². The van der Waals surface area contributed by atoms with Gasteiger partial charge in [0.1, 0.15) is 0 Å². The minimum atomic E-state index is 0.177. The number of carbonyl (C=O) groups excluding carboxylic acids is 1. The zero-order chi connectivity index (χ0) is 12.1. The summed E-state index contributed by atoms with van der Waals surface area (Å²) < 4.78 is 0. The first-order chi connectivity index (χ1) is 8.29. The average molecular weight is 256 g/mol. The zero-order valence-electron chi connectivity index (χ0n) is 10.8. The Kier molecular flexibility index (Phi) is 5.01. The van der Waals surface area contributed by atoms with Crippen molar-refractivity contribution < 1.29 is 4.79 Å². The summed E-state index contributed by atoms with van der Waals surface area (Å²) in [6, 6.07) is 0.613. The number of urea groups is 1. The second-order valence-electron chi connectivity index (χ2n) is 5.13. The molecule has 4 heteroatoms. The number of hydrogen-bond donors (Lipinski definition) is 1. The summed E-state index contributed by atoms with van der Waals surface area (Å²) in [5.41, 5.74) is 0. The standard InChI is InChI=1S/C13H24N2OS/c1-2-12-10-15(8-9-17-12)13(16)14-11-6-4-3-5-7-11/h11-12H,2-10H2,1H3,(H,14,16). The van der Waals surface area contributed by atoms with Crippen LogP contribution in [0, 0.1) is 0 Å². The Bertz CT molecular complexity index is 254. The normalized spacial score (nSPS) is 26.9. The molecule has 2 amide bonds. The van der Waals surface area contributed by atoms with Gasteiger partial charge in [0.15, 0.2) is 0 Å². The van der Waals surface area contributed by atoms with E-state index in [0.717, 1.165) is 25.3 Å². The van der Waals surface area contributed by atoms with Gasteiger partial charge in [-0.15, -0.1) is 0 Å². The maximum atomic E-state index is 12.1. The van der Waals surface area contributed by atoms with E-state index < -0.39 is 0 Å². The van der Waals surface area contributed by atoms with Gasteiger partial charge >= 0.3 is 6.03 Å². The molecular formula is C13H24N2OS. The molecule has 2 aliphatic rings. The van der Waals surface area contributed by atoms with Crippen molar-refractivity contribution in [1.29, 1.82) is 0 Å². The van der Waals surface area contributed by atoms with Crippen molar-refractivity contribution in [2.75, 3.05) is 18.8 Å². The topological polar surface area (TPSA) is 32.3 Å². The molecule has 1 saturated heterocycles. The molecule has 98 valence electrons. The summed E-state index contributed by atoms with van der Waals surface area (Å²) >= 11 is 2.01. The van der Waals surface area contributed by atoms with Gasteiger partial charge in [0.2, 0.25) is 0 Å². The van der Waals surface area contributed by atoms with Crippen LogP contribution in [0.3, 0.4) is 0 Å². The predicted molar refractivity (Wildman–Crippen MR) is 73.5 cm³/mol. The van der Waals surface area contributed by atoms with Crippen LogP contribution in [0.5, 0.6) is 0 Å². The third-order valence-corrected chi connectivity index (χ3v) is 5.19. The van der Waals surface area contributed by atoms with Crippen LogP contribution in [0.2, 0.25) is 0 Å². The Hall–Kier alpha value is -0.380. The van der Waals surface area contributed by atoms with E-state index in [2.05, 4.69) is 12.2 Å². The highest BCUT2D eigenvalue weighted by Crippen LogP contribution is 2.22. The Morgan fingerprint density at radius 1 is 1.35 bits per heavy atom. The number of hydrogen-bond acceptors (Lipinski definition) is 2. The van der Waals surface area contributed by atoms with Gasteiger partial charge in [-0.1, -0.05) is 26.2 Å². The molecule has 0 radical (unpaired) electrons. The third kappa shape index (κ3) is 3.80. The Morgan fingerprint density at radius 3 is 2.82 bits per heavy atom. The summed E-state index contributed by atoms with van der Waals surface area (Å²) in [4.78, 5) is 14.1. The van der Waals surface area contributed by atoms with Crippen LogP contribution >= 0.6 is 11.8 Å². The van der Waals surface area contributed by atoms with Crippen molar-refractivity contribution in [1.82, 2.24) is 10.2 Å². The first kappa shape index (κ1) is 13.1. The Labute approximate surface area is 109 Å². The second-order valence-corrected chi connectivity index (χ2v) is 6.54. The van der Waals surface area contributed by atoms with Crippen molar-refractivity contribution in [2.45, 2.75) is 56.7 Å². The van der Waals surface area contributed by atoms with E-state index in [1.165, 1.54) is 32.1 Å². The first-order valence-corrected chi connectivity index (χ1v) is 8.01. The molecular weight excluding hydrogens is 232 g/mol. The van der Waals surface area contributed by atoms with Gasteiger partial charge in [-0.25, -0.2) is 4.79 Å². The van der Waals surface area contributed by atoms with E-state index in [1.54, 1.807) is 0 Å². The van der Waals surface area contributed by atoms with Gasteiger partial charge in [-0.05, 0) is 19.3 Å². The summed E-state index contributed by atoms with van der Waals surface area (Å²) in [5.74, 6) is 1.09. The monoisotopic (exact) mass is 256 g/mol. The average Bonchev–Trinajstić information content (AvgIpc) is 2.40. The van der Waals surface area contributed by atoms with Gasteiger partial charge in [0.05, 0.1) is 0 Å². The highest BCUT2D eigenvalue weighted by Gasteiger charge is 2.24. The molecule has 1 N–H and O–H groups in total. The largest absolute Gasteiger partial charge is 0.335 e. The first-order valence-electron chi connectivity index (χ1n) is 6.96. The molecule has 17 heavy (non-hydrogen) atoms. The molecule has 1 unspecified atom stereocenters. The molecule has 0 spiro atoms. The van der Waals surface area contributed by atoms with Crippen LogP contribution in [0.4, 0.5) is 4.79 Å². The molecule has 1 aliphatic carbocycles. The Morgan fingerprint density at radius 2 is 2.12 bits per heavy atom. The molecule has 1 saturated carbocycles. The summed E-state index contributed by atoms with van der Waals surface area (Å²) in [5, 5.41) is 3.85. The number of nitrogens with one attached hydrogen (secondary N) is 1. The molecule has 0 bridgehead atoms. The van der Waals surface area contributed by atoms with E-state index in [-0.39, 0.29) is 6.03 Å². The lowest BCUT2D eigenvalue weighted by molar-refractivity contribution is 0.191. The number of amides is 2. The molecule has 2 rings (SSSR count). The number of thioether (sulfide) groups is 1. The fourth-order valence-corrected chi connectivity index (χ4v) is 3.84. The summed E-state index contributed by atoms with van der Waals surface area (Å²) in [7, 11) is 0. The number of nitrogens with zero attached hydrogens (tertiary/aromatic N) is 1. The maximum absolute atomic E-state index is 12.1. The minimum absolute atomic E-state index is 0.177. The lowest BCUT2D eigenvalue weighted by Gasteiger charge is -2.34. The quantitative estimate of drug-likeness (QED) is 0.824. The SMILES string of the molecule is CCC1CN(C(=O)NC2CCCCC2)CCS1. The molecule has 0 aromatic rings. The van der Waals surface area contributed by atoms with Crippen LogP contribution in [0.15, 0.2) is 0 Å². The fraction of sp³-hybridized carbons (Fsp3) is 0.923. The smallest absolute Gasteiger partial charge is 0.317 e. The molecule has 1 heterocycles. The second kappa shape index (κ2) is 6.53. The molecule has 2 fully saturated rings. The van der Waals surface area contributed by atoms with E-state index in [0.29, 0.717) is 11.3 Å². The molecule has 0 aromatic heterocycles. The summed E-state index contributed by atoms with van der Waals surface area (Å²) in [6.45, 7) is 4.06. The third-order valence-electron chi connectivity index (χ3n) is 3.81.